The highest BCUT2D eigenvalue weighted by molar-refractivity contribution is 5.30. The largest absolute Gasteiger partial charge is 0.503 e. The molecule has 0 bridgehead atoms. The van der Waals surface area contributed by atoms with Gasteiger partial charge >= 0.3 is 0 Å². The predicted molar refractivity (Wildman–Crippen MR) is 107 cm³/mol. The van der Waals surface area contributed by atoms with E-state index in [1.165, 1.54) is 69.9 Å². The Balaban J connectivity index is 2.40. The van der Waals surface area contributed by atoms with Crippen LogP contribution >= 0.6 is 0 Å². The van der Waals surface area contributed by atoms with Crippen LogP contribution in [-0.4, -0.2) is 5.11 Å². The van der Waals surface area contributed by atoms with Crippen LogP contribution < -0.4 is 0 Å². The van der Waals surface area contributed by atoms with E-state index in [4.69, 9.17) is 0 Å². The van der Waals surface area contributed by atoms with Crippen LogP contribution in [-0.2, 0) is 6.42 Å². The topological polar surface area (TPSA) is 20.2 Å². The molecule has 0 saturated heterocycles. The number of aromatic hydroxyl groups is 1. The second-order valence-corrected chi connectivity index (χ2v) is 7.83. The number of rotatable bonds is 14. The van der Waals surface area contributed by atoms with Gasteiger partial charge in [0.15, 0.2) is 17.4 Å². The molecule has 1 rings (SSSR count). The van der Waals surface area contributed by atoms with Crippen molar-refractivity contribution in [2.75, 3.05) is 0 Å². The lowest BCUT2D eigenvalue weighted by molar-refractivity contribution is 0.343. The average molecular weight is 369 g/mol. The van der Waals surface area contributed by atoms with E-state index in [1.54, 1.807) is 0 Å². The first-order chi connectivity index (χ1) is 12.5. The highest BCUT2D eigenvalue weighted by atomic mass is 19.1. The summed E-state index contributed by atoms with van der Waals surface area (Å²) in [5, 5.41) is 9.18. The summed E-state index contributed by atoms with van der Waals surface area (Å²) in [7, 11) is 0. The van der Waals surface area contributed by atoms with Crippen molar-refractivity contribution in [3.63, 3.8) is 0 Å². The molecule has 1 aromatic carbocycles. The van der Waals surface area contributed by atoms with Gasteiger partial charge in [0.05, 0.1) is 0 Å². The van der Waals surface area contributed by atoms with Crippen molar-refractivity contribution in [1.29, 1.82) is 0 Å². The highest BCUT2D eigenvalue weighted by Crippen LogP contribution is 2.27. The summed E-state index contributed by atoms with van der Waals surface area (Å²) in [4.78, 5) is 0. The van der Waals surface area contributed by atoms with Crippen LogP contribution in [0.2, 0.25) is 0 Å². The summed E-state index contributed by atoms with van der Waals surface area (Å²) in [5.41, 5.74) is 0.638. The molecule has 1 nitrogen and oxygen atoms in total. The molecule has 0 radical (unpaired) electrons. The third-order valence-corrected chi connectivity index (χ3v) is 5.47. The summed E-state index contributed by atoms with van der Waals surface area (Å²) < 4.78 is 26.8. The van der Waals surface area contributed by atoms with Crippen LogP contribution in [0, 0.1) is 23.5 Å². The van der Waals surface area contributed by atoms with Gasteiger partial charge in [0.2, 0.25) is 0 Å². The molecule has 0 aliphatic carbocycles. The van der Waals surface area contributed by atoms with Gasteiger partial charge in [-0.2, -0.15) is 0 Å². The van der Waals surface area contributed by atoms with Gasteiger partial charge in [-0.05, 0) is 42.4 Å². The Labute approximate surface area is 159 Å². The van der Waals surface area contributed by atoms with Crippen LogP contribution in [0.4, 0.5) is 8.78 Å². The van der Waals surface area contributed by atoms with E-state index in [0.717, 1.165) is 24.7 Å². The zero-order chi connectivity index (χ0) is 19.4. The number of hydrogen-bond donors (Lipinski definition) is 1. The quantitative estimate of drug-likeness (QED) is 0.355. The first-order valence-electron chi connectivity index (χ1n) is 10.7. The van der Waals surface area contributed by atoms with Gasteiger partial charge in [0, 0.05) is 0 Å². The molecule has 0 heterocycles. The molecule has 1 aromatic rings. The molecular weight excluding hydrogens is 330 g/mol. The minimum atomic E-state index is -0.869. The monoisotopic (exact) mass is 368 g/mol. The average Bonchev–Trinajstić information content (AvgIpc) is 2.60. The molecule has 1 atom stereocenters. The fourth-order valence-corrected chi connectivity index (χ4v) is 4.14. The Morgan fingerprint density at radius 2 is 1.15 bits per heavy atom. The van der Waals surface area contributed by atoms with Gasteiger partial charge in [-0.1, -0.05) is 85.0 Å². The molecule has 0 aliphatic rings. The summed E-state index contributed by atoms with van der Waals surface area (Å²) in [5.74, 6) is -0.983. The fourth-order valence-electron chi connectivity index (χ4n) is 4.14. The Kier molecular flexibility index (Phi) is 11.6. The van der Waals surface area contributed by atoms with E-state index in [9.17, 15) is 13.9 Å². The van der Waals surface area contributed by atoms with Gasteiger partial charge < -0.3 is 5.11 Å². The van der Waals surface area contributed by atoms with Crippen molar-refractivity contribution < 1.29 is 13.9 Å². The smallest absolute Gasteiger partial charge is 0.187 e. The molecule has 3 heteroatoms. The number of phenols is 1. The summed E-state index contributed by atoms with van der Waals surface area (Å²) in [6, 6.07) is 2.51. The van der Waals surface area contributed by atoms with Gasteiger partial charge in [0.1, 0.15) is 0 Å². The van der Waals surface area contributed by atoms with E-state index in [0.29, 0.717) is 12.0 Å². The predicted octanol–water partition coefficient (Wildman–Crippen LogP) is 7.80. The van der Waals surface area contributed by atoms with E-state index >= 15 is 0 Å². The zero-order valence-electron chi connectivity index (χ0n) is 17.0. The van der Waals surface area contributed by atoms with Gasteiger partial charge in [-0.25, -0.2) is 8.78 Å². The fraction of sp³-hybridized carbons (Fsp3) is 0.739. The minimum Gasteiger partial charge on any atom is -0.503 e. The molecular formula is C23H38F2O. The number of benzene rings is 1. The Morgan fingerprint density at radius 3 is 1.62 bits per heavy atom. The van der Waals surface area contributed by atoms with E-state index in [2.05, 4.69) is 20.8 Å². The van der Waals surface area contributed by atoms with Crippen LogP contribution in [0.5, 0.6) is 5.75 Å². The van der Waals surface area contributed by atoms with Crippen molar-refractivity contribution in [3.8, 4) is 5.75 Å². The van der Waals surface area contributed by atoms with Crippen LogP contribution in [0.25, 0.3) is 0 Å². The van der Waals surface area contributed by atoms with E-state index in [-0.39, 0.29) is 0 Å². The molecule has 0 aromatic heterocycles. The summed E-state index contributed by atoms with van der Waals surface area (Å²) >= 11 is 0. The Bertz CT molecular complexity index is 472. The van der Waals surface area contributed by atoms with Gasteiger partial charge in [-0.15, -0.1) is 0 Å². The van der Waals surface area contributed by atoms with Crippen LogP contribution in [0.3, 0.4) is 0 Å². The van der Waals surface area contributed by atoms with E-state index < -0.39 is 17.4 Å². The lowest BCUT2D eigenvalue weighted by Gasteiger charge is -2.19. The first-order valence-corrected chi connectivity index (χ1v) is 10.7. The molecule has 1 unspecified atom stereocenters. The standard InChI is InChI=1S/C23H38F2O/c1-4-9-18(10-5-2)12-7-13-19(11-6-3)14-8-15-20-16-21(24)23(26)22(25)17-20/h16-19,26H,4-15H2,1-3H3. The van der Waals surface area contributed by atoms with E-state index in [1.807, 2.05) is 0 Å². The van der Waals surface area contributed by atoms with Crippen molar-refractivity contribution in [3.05, 3.63) is 29.3 Å². The molecule has 0 aliphatic heterocycles. The number of hydrogen-bond acceptors (Lipinski definition) is 1. The van der Waals surface area contributed by atoms with Crippen molar-refractivity contribution in [1.82, 2.24) is 0 Å². The number of halogens is 2. The van der Waals surface area contributed by atoms with Gasteiger partial charge in [0.25, 0.3) is 0 Å². The molecule has 26 heavy (non-hydrogen) atoms. The molecule has 0 fully saturated rings. The highest BCUT2D eigenvalue weighted by Gasteiger charge is 2.13. The van der Waals surface area contributed by atoms with Crippen LogP contribution in [0.15, 0.2) is 12.1 Å². The van der Waals surface area contributed by atoms with Crippen molar-refractivity contribution in [2.24, 2.45) is 11.8 Å². The maximum absolute atomic E-state index is 13.4. The molecule has 0 spiro atoms. The second-order valence-electron chi connectivity index (χ2n) is 7.83. The SMILES string of the molecule is CCCC(CCC)CCCC(CCC)CCCc1cc(F)c(O)c(F)c1. The lowest BCUT2D eigenvalue weighted by atomic mass is 9.87. The number of phenolic OH excluding ortho intramolecular Hbond substituents is 1. The maximum atomic E-state index is 13.4. The molecule has 1 N–H and O–H groups in total. The Morgan fingerprint density at radius 1 is 0.731 bits per heavy atom. The number of aryl methyl sites for hydroxylation is 1. The third-order valence-electron chi connectivity index (χ3n) is 5.47. The zero-order valence-corrected chi connectivity index (χ0v) is 17.0. The Hall–Kier alpha value is -1.12. The summed E-state index contributed by atoms with van der Waals surface area (Å²) in [6.07, 6.45) is 14.4. The van der Waals surface area contributed by atoms with Crippen molar-refractivity contribution in [2.45, 2.75) is 97.8 Å². The lowest BCUT2D eigenvalue weighted by Crippen LogP contribution is -2.05. The molecule has 0 amide bonds. The van der Waals surface area contributed by atoms with Crippen LogP contribution in [0.1, 0.15) is 97.0 Å². The minimum absolute atomic E-state index is 0.638. The maximum Gasteiger partial charge on any atom is 0.187 e. The molecule has 0 saturated carbocycles. The molecule has 150 valence electrons. The van der Waals surface area contributed by atoms with Crippen molar-refractivity contribution >= 4 is 0 Å². The summed E-state index contributed by atoms with van der Waals surface area (Å²) in [6.45, 7) is 6.78. The first kappa shape index (κ1) is 22.9. The van der Waals surface area contributed by atoms with Gasteiger partial charge in [-0.3, -0.25) is 0 Å². The second kappa shape index (κ2) is 13.1. The third kappa shape index (κ3) is 8.51. The normalized spacial score (nSPS) is 12.7.